The van der Waals surface area contributed by atoms with E-state index >= 15 is 0 Å². The summed E-state index contributed by atoms with van der Waals surface area (Å²) in [5.74, 6) is -0.228. The molecule has 16 heavy (non-hydrogen) atoms. The Morgan fingerprint density at radius 1 is 1.31 bits per heavy atom. The third kappa shape index (κ3) is 2.83. The molecule has 0 atom stereocenters. The molecular formula is C12H9BrFNS. The zero-order chi connectivity index (χ0) is 11.5. The number of halogens is 2. The van der Waals surface area contributed by atoms with Crippen LogP contribution in [0.3, 0.4) is 0 Å². The lowest BCUT2D eigenvalue weighted by Gasteiger charge is -2.04. The van der Waals surface area contributed by atoms with Crippen LogP contribution in [-0.2, 0) is 0 Å². The van der Waals surface area contributed by atoms with Gasteiger partial charge in [0, 0.05) is 11.1 Å². The van der Waals surface area contributed by atoms with Gasteiger partial charge in [0.2, 0.25) is 0 Å². The second kappa shape index (κ2) is 4.97. The molecule has 2 rings (SSSR count). The molecule has 1 aromatic heterocycles. The standard InChI is InChI=1S/C12H9BrFNS/c1-8-5-11(13)12(15-7-8)16-10-4-2-3-9(14)6-10/h2-7H,1H3. The van der Waals surface area contributed by atoms with E-state index < -0.39 is 0 Å². The molecule has 2 aromatic rings. The predicted octanol–water partition coefficient (Wildman–Crippen LogP) is 4.44. The molecule has 0 saturated carbocycles. The second-order valence-corrected chi connectivity index (χ2v) is 5.28. The topological polar surface area (TPSA) is 12.9 Å². The first-order valence-corrected chi connectivity index (χ1v) is 6.31. The number of hydrogen-bond donors (Lipinski definition) is 0. The zero-order valence-corrected chi connectivity index (χ0v) is 11.0. The molecular weight excluding hydrogens is 289 g/mol. The van der Waals surface area contributed by atoms with Crippen LogP contribution < -0.4 is 0 Å². The maximum atomic E-state index is 13.0. The average Bonchev–Trinajstić information content (AvgIpc) is 2.22. The van der Waals surface area contributed by atoms with Crippen LogP contribution in [0.5, 0.6) is 0 Å². The predicted molar refractivity (Wildman–Crippen MR) is 67.2 cm³/mol. The lowest BCUT2D eigenvalue weighted by atomic mass is 10.3. The minimum atomic E-state index is -0.228. The van der Waals surface area contributed by atoms with Gasteiger partial charge in [0.1, 0.15) is 10.8 Å². The molecule has 0 radical (unpaired) electrons. The van der Waals surface area contributed by atoms with Crippen LogP contribution in [0, 0.1) is 12.7 Å². The fourth-order valence-corrected chi connectivity index (χ4v) is 2.75. The molecule has 0 N–H and O–H groups in total. The summed E-state index contributed by atoms with van der Waals surface area (Å²) in [6, 6.07) is 8.48. The fourth-order valence-electron chi connectivity index (χ4n) is 1.24. The lowest BCUT2D eigenvalue weighted by Crippen LogP contribution is -1.84. The van der Waals surface area contributed by atoms with E-state index in [-0.39, 0.29) is 5.82 Å². The number of pyridine rings is 1. The molecule has 0 fully saturated rings. The van der Waals surface area contributed by atoms with Crippen LogP contribution in [0.25, 0.3) is 0 Å². The van der Waals surface area contributed by atoms with E-state index in [4.69, 9.17) is 0 Å². The van der Waals surface area contributed by atoms with Crippen molar-refractivity contribution in [1.82, 2.24) is 4.98 Å². The summed E-state index contributed by atoms with van der Waals surface area (Å²) < 4.78 is 13.9. The second-order valence-electron chi connectivity index (χ2n) is 3.36. The summed E-state index contributed by atoms with van der Waals surface area (Å²) in [7, 11) is 0. The molecule has 82 valence electrons. The van der Waals surface area contributed by atoms with Gasteiger partial charge >= 0.3 is 0 Å². The van der Waals surface area contributed by atoms with Gasteiger partial charge in [-0.25, -0.2) is 9.37 Å². The highest BCUT2D eigenvalue weighted by molar-refractivity contribution is 9.10. The zero-order valence-electron chi connectivity index (χ0n) is 8.58. The molecule has 4 heteroatoms. The number of nitrogens with zero attached hydrogens (tertiary/aromatic N) is 1. The summed E-state index contributed by atoms with van der Waals surface area (Å²) >= 11 is 4.89. The summed E-state index contributed by atoms with van der Waals surface area (Å²) in [5, 5.41) is 0.844. The van der Waals surface area contributed by atoms with E-state index in [0.717, 1.165) is 20.0 Å². The smallest absolute Gasteiger partial charge is 0.124 e. The van der Waals surface area contributed by atoms with E-state index in [1.165, 1.54) is 23.9 Å². The van der Waals surface area contributed by atoms with Gasteiger partial charge in [-0.3, -0.25) is 0 Å². The Bertz CT molecular complexity index is 516. The summed E-state index contributed by atoms with van der Waals surface area (Å²) in [6.07, 6.45) is 1.80. The van der Waals surface area contributed by atoms with Crippen LogP contribution in [-0.4, -0.2) is 4.98 Å². The van der Waals surface area contributed by atoms with Crippen molar-refractivity contribution < 1.29 is 4.39 Å². The van der Waals surface area contributed by atoms with Gasteiger partial charge in [0.15, 0.2) is 0 Å². The molecule has 0 saturated heterocycles. The molecule has 1 nitrogen and oxygen atoms in total. The summed E-state index contributed by atoms with van der Waals surface area (Å²) in [6.45, 7) is 1.98. The highest BCUT2D eigenvalue weighted by Gasteiger charge is 2.04. The van der Waals surface area contributed by atoms with Crippen molar-refractivity contribution in [3.05, 3.63) is 52.4 Å². The van der Waals surface area contributed by atoms with Crippen molar-refractivity contribution in [3.63, 3.8) is 0 Å². The minimum absolute atomic E-state index is 0.228. The van der Waals surface area contributed by atoms with Gasteiger partial charge in [0.05, 0.1) is 4.47 Å². The molecule has 1 aromatic carbocycles. The van der Waals surface area contributed by atoms with Crippen molar-refractivity contribution >= 4 is 27.7 Å². The van der Waals surface area contributed by atoms with E-state index in [9.17, 15) is 4.39 Å². The third-order valence-electron chi connectivity index (χ3n) is 1.95. The van der Waals surface area contributed by atoms with Crippen molar-refractivity contribution in [3.8, 4) is 0 Å². The molecule has 0 spiro atoms. The molecule has 0 aliphatic rings. The number of rotatable bonds is 2. The maximum absolute atomic E-state index is 13.0. The van der Waals surface area contributed by atoms with E-state index in [0.29, 0.717) is 0 Å². The van der Waals surface area contributed by atoms with Gasteiger partial charge in [-0.15, -0.1) is 0 Å². The monoisotopic (exact) mass is 297 g/mol. The molecule has 1 heterocycles. The van der Waals surface area contributed by atoms with Crippen LogP contribution in [0.1, 0.15) is 5.56 Å². The van der Waals surface area contributed by atoms with Crippen molar-refractivity contribution in [2.24, 2.45) is 0 Å². The van der Waals surface area contributed by atoms with Gasteiger partial charge in [0.25, 0.3) is 0 Å². The molecule has 0 aliphatic heterocycles. The fraction of sp³-hybridized carbons (Fsp3) is 0.0833. The summed E-state index contributed by atoms with van der Waals surface area (Å²) in [5.41, 5.74) is 1.09. The van der Waals surface area contributed by atoms with Crippen molar-refractivity contribution in [1.29, 1.82) is 0 Å². The summed E-state index contributed by atoms with van der Waals surface area (Å²) in [4.78, 5) is 5.14. The normalized spacial score (nSPS) is 10.4. The maximum Gasteiger partial charge on any atom is 0.124 e. The van der Waals surface area contributed by atoms with Gasteiger partial charge in [-0.1, -0.05) is 17.8 Å². The first-order chi connectivity index (χ1) is 7.65. The van der Waals surface area contributed by atoms with Crippen LogP contribution in [0.4, 0.5) is 4.39 Å². The van der Waals surface area contributed by atoms with Crippen LogP contribution in [0.2, 0.25) is 0 Å². The number of benzene rings is 1. The molecule has 0 unspecified atom stereocenters. The average molecular weight is 298 g/mol. The van der Waals surface area contributed by atoms with E-state index in [2.05, 4.69) is 20.9 Å². The Labute approximate surface area is 106 Å². The van der Waals surface area contributed by atoms with E-state index in [1.54, 1.807) is 12.3 Å². The Morgan fingerprint density at radius 2 is 2.12 bits per heavy atom. The SMILES string of the molecule is Cc1cnc(Sc2cccc(F)c2)c(Br)c1. The Balaban J connectivity index is 2.27. The number of aromatic nitrogens is 1. The van der Waals surface area contributed by atoms with Crippen LogP contribution >= 0.6 is 27.7 Å². The quantitative estimate of drug-likeness (QED) is 0.813. The van der Waals surface area contributed by atoms with Gasteiger partial charge in [-0.05, 0) is 52.7 Å². The third-order valence-corrected chi connectivity index (χ3v) is 3.83. The van der Waals surface area contributed by atoms with Crippen LogP contribution in [0.15, 0.2) is 50.9 Å². The highest BCUT2D eigenvalue weighted by atomic mass is 79.9. The van der Waals surface area contributed by atoms with E-state index in [1.807, 2.05) is 19.1 Å². The first kappa shape index (κ1) is 11.6. The van der Waals surface area contributed by atoms with Gasteiger partial charge in [-0.2, -0.15) is 0 Å². The Kier molecular flexibility index (Phi) is 3.61. The van der Waals surface area contributed by atoms with Crippen molar-refractivity contribution in [2.45, 2.75) is 16.8 Å². The largest absolute Gasteiger partial charge is 0.248 e. The highest BCUT2D eigenvalue weighted by Crippen LogP contribution is 2.32. The van der Waals surface area contributed by atoms with Crippen molar-refractivity contribution in [2.75, 3.05) is 0 Å². The number of aryl methyl sites for hydroxylation is 1. The molecule has 0 aliphatic carbocycles. The Morgan fingerprint density at radius 3 is 2.81 bits per heavy atom. The first-order valence-electron chi connectivity index (χ1n) is 4.71. The minimum Gasteiger partial charge on any atom is -0.248 e. The molecule has 0 bridgehead atoms. The Hall–Kier alpha value is -0.870. The van der Waals surface area contributed by atoms with Gasteiger partial charge < -0.3 is 0 Å². The number of hydrogen-bond acceptors (Lipinski definition) is 2. The lowest BCUT2D eigenvalue weighted by molar-refractivity contribution is 0.624. The molecule has 0 amide bonds.